The molecule has 1 aromatic heterocycles. The molecule has 0 bridgehead atoms. The van der Waals surface area contributed by atoms with Crippen LogP contribution >= 0.6 is 41.7 Å². The van der Waals surface area contributed by atoms with Crippen LogP contribution in [-0.2, 0) is 0 Å². The lowest BCUT2D eigenvalue weighted by Gasteiger charge is -1.88. The number of hydrogen-bond acceptors (Lipinski definition) is 2. The Hall–Kier alpha value is 0.0800. The van der Waals surface area contributed by atoms with Gasteiger partial charge in [0.15, 0.2) is 0 Å². The zero-order chi connectivity index (χ0) is 8.10. The van der Waals surface area contributed by atoms with Crippen LogP contribution in [0.3, 0.4) is 0 Å². The second kappa shape index (κ2) is 4.86. The molecule has 0 aliphatic rings. The van der Waals surface area contributed by atoms with Crippen molar-refractivity contribution in [3.63, 3.8) is 0 Å². The van der Waals surface area contributed by atoms with Gasteiger partial charge in [-0.05, 0) is 26.3 Å². The average Bonchev–Trinajstić information content (AvgIpc) is 2.01. The Balaban J connectivity index is 2.87. The second-order valence-corrected chi connectivity index (χ2v) is 3.74. The third-order valence-electron chi connectivity index (χ3n) is 0.961. The van der Waals surface area contributed by atoms with Crippen LogP contribution in [0.2, 0.25) is 5.15 Å². The largest absolute Gasteiger partial charge is 0.244 e. The maximum absolute atomic E-state index is 5.64. The summed E-state index contributed by atoms with van der Waals surface area (Å²) in [5.74, 6) is 2.92. The van der Waals surface area contributed by atoms with Gasteiger partial charge in [0.2, 0.25) is 0 Å². The molecule has 0 aliphatic carbocycles. The van der Waals surface area contributed by atoms with Gasteiger partial charge in [0.1, 0.15) is 5.15 Å². The van der Waals surface area contributed by atoms with E-state index in [1.807, 2.05) is 6.07 Å². The molecule has 11 heavy (non-hydrogen) atoms. The molecule has 0 spiro atoms. The van der Waals surface area contributed by atoms with Crippen LogP contribution in [0.5, 0.6) is 0 Å². The number of rotatable bonds is 0. The molecule has 0 atom stereocenters. The van der Waals surface area contributed by atoms with Gasteiger partial charge >= 0.3 is 0 Å². The van der Waals surface area contributed by atoms with Crippen molar-refractivity contribution in [1.29, 1.82) is 0 Å². The van der Waals surface area contributed by atoms with Crippen LogP contribution in [0.4, 0.5) is 0 Å². The molecule has 4 heteroatoms. The molecule has 0 fully saturated rings. The van der Waals surface area contributed by atoms with Gasteiger partial charge in [-0.15, -0.1) is 0 Å². The zero-order valence-electron chi connectivity index (χ0n) is 5.34. The van der Waals surface area contributed by atoms with Gasteiger partial charge in [-0.1, -0.05) is 17.5 Å². The Morgan fingerprint density at radius 3 is 3.09 bits per heavy atom. The van der Waals surface area contributed by atoms with Crippen LogP contribution < -0.4 is 0 Å². The normalized spacial score (nSPS) is 8.55. The van der Waals surface area contributed by atoms with E-state index in [1.165, 1.54) is 8.93 Å². The number of nitrogens with zero attached hydrogens (tertiary/aromatic N) is 1. The highest BCUT2D eigenvalue weighted by atomic mass is 127. The summed E-state index contributed by atoms with van der Waals surface area (Å²) in [7, 11) is 1.45. The molecule has 1 rings (SSSR count). The molecule has 0 radical (unpaired) electrons. The topological polar surface area (TPSA) is 12.9 Å². The van der Waals surface area contributed by atoms with E-state index >= 15 is 0 Å². The summed E-state index contributed by atoms with van der Waals surface area (Å²) in [4.78, 5) is 3.84. The lowest BCUT2D eigenvalue weighted by Crippen LogP contribution is -1.76. The van der Waals surface area contributed by atoms with Gasteiger partial charge in [-0.25, -0.2) is 4.98 Å². The molecule has 1 heterocycles. The van der Waals surface area contributed by atoms with Crippen LogP contribution in [0.25, 0.3) is 0 Å². The quantitative estimate of drug-likeness (QED) is 0.414. The molecular weight excluding hydrogens is 293 g/mol. The van der Waals surface area contributed by atoms with Crippen molar-refractivity contribution in [3.8, 4) is 11.2 Å². The fourth-order valence-electron chi connectivity index (χ4n) is 0.558. The van der Waals surface area contributed by atoms with E-state index < -0.39 is 0 Å². The zero-order valence-corrected chi connectivity index (χ0v) is 9.07. The first-order chi connectivity index (χ1) is 5.33. The van der Waals surface area contributed by atoms with Crippen LogP contribution in [-0.4, -0.2) is 4.98 Å². The highest BCUT2D eigenvalue weighted by Crippen LogP contribution is 2.09. The van der Waals surface area contributed by atoms with Gasteiger partial charge in [0.05, 0.1) is 0 Å². The van der Waals surface area contributed by atoms with Crippen molar-refractivity contribution >= 4 is 41.7 Å². The summed E-state index contributed by atoms with van der Waals surface area (Å²) in [6.07, 6.45) is 1.64. The summed E-state index contributed by atoms with van der Waals surface area (Å²) in [5, 5.41) is 3.34. The SMILES string of the molecule is Clc1cc(C#CSI)ccn1. The summed E-state index contributed by atoms with van der Waals surface area (Å²) < 4.78 is 0. The average molecular weight is 296 g/mol. The molecule has 0 aromatic carbocycles. The molecule has 0 amide bonds. The fraction of sp³-hybridized carbons (Fsp3) is 0. The first kappa shape index (κ1) is 9.17. The third-order valence-corrected chi connectivity index (χ3v) is 2.01. The molecular formula is C7H3ClINS. The molecule has 0 saturated heterocycles. The second-order valence-electron chi connectivity index (χ2n) is 1.67. The Kier molecular flexibility index (Phi) is 4.05. The number of pyridine rings is 1. The first-order valence-corrected chi connectivity index (χ1v) is 6.47. The lowest BCUT2D eigenvalue weighted by atomic mass is 10.3. The summed E-state index contributed by atoms with van der Waals surface area (Å²) >= 11 is 7.75. The van der Waals surface area contributed by atoms with Crippen molar-refractivity contribution < 1.29 is 0 Å². The lowest BCUT2D eigenvalue weighted by molar-refractivity contribution is 1.32. The van der Waals surface area contributed by atoms with E-state index in [0.29, 0.717) is 5.15 Å². The molecule has 1 nitrogen and oxygen atoms in total. The molecule has 0 N–H and O–H groups in total. The maximum Gasteiger partial charge on any atom is 0.130 e. The van der Waals surface area contributed by atoms with E-state index in [-0.39, 0.29) is 0 Å². The van der Waals surface area contributed by atoms with Crippen LogP contribution in [0, 0.1) is 11.2 Å². The maximum atomic E-state index is 5.64. The third kappa shape index (κ3) is 3.32. The number of aromatic nitrogens is 1. The molecule has 0 saturated carbocycles. The molecule has 56 valence electrons. The van der Waals surface area contributed by atoms with Crippen molar-refractivity contribution in [3.05, 3.63) is 29.0 Å². The van der Waals surface area contributed by atoms with Crippen molar-refractivity contribution in [2.24, 2.45) is 0 Å². The van der Waals surface area contributed by atoms with Crippen molar-refractivity contribution in [2.75, 3.05) is 0 Å². The summed E-state index contributed by atoms with van der Waals surface area (Å²) in [5.41, 5.74) is 0.897. The van der Waals surface area contributed by atoms with Gasteiger partial charge < -0.3 is 0 Å². The fourth-order valence-corrected chi connectivity index (χ4v) is 1.22. The van der Waals surface area contributed by atoms with Crippen LogP contribution in [0.15, 0.2) is 18.3 Å². The smallest absolute Gasteiger partial charge is 0.130 e. The van der Waals surface area contributed by atoms with Crippen molar-refractivity contribution in [1.82, 2.24) is 4.98 Å². The predicted molar refractivity (Wildman–Crippen MR) is 57.7 cm³/mol. The first-order valence-electron chi connectivity index (χ1n) is 2.73. The number of hydrogen-bond donors (Lipinski definition) is 0. The van der Waals surface area contributed by atoms with Crippen molar-refractivity contribution in [2.45, 2.75) is 0 Å². The van der Waals surface area contributed by atoms with Gasteiger partial charge in [0, 0.05) is 33.0 Å². The number of halogens is 2. The highest BCUT2D eigenvalue weighted by Gasteiger charge is 1.88. The summed E-state index contributed by atoms with van der Waals surface area (Å²) in [6, 6.07) is 3.56. The Morgan fingerprint density at radius 2 is 2.45 bits per heavy atom. The Morgan fingerprint density at radius 1 is 1.64 bits per heavy atom. The van der Waals surface area contributed by atoms with Gasteiger partial charge in [-0.3, -0.25) is 0 Å². The van der Waals surface area contributed by atoms with Crippen LogP contribution in [0.1, 0.15) is 5.56 Å². The Labute approximate surface area is 86.5 Å². The van der Waals surface area contributed by atoms with Gasteiger partial charge in [-0.2, -0.15) is 0 Å². The summed E-state index contributed by atoms with van der Waals surface area (Å²) in [6.45, 7) is 0. The molecule has 0 aliphatic heterocycles. The minimum Gasteiger partial charge on any atom is -0.244 e. The standard InChI is InChI=1S/C7H3ClINS/c8-7-5-6(1-3-10-7)2-4-11-9/h1,3,5H. The minimum atomic E-state index is 0.482. The van der Waals surface area contributed by atoms with E-state index in [4.69, 9.17) is 11.6 Å². The highest BCUT2D eigenvalue weighted by molar-refractivity contribution is 14.2. The molecule has 0 unspecified atom stereocenters. The van der Waals surface area contributed by atoms with Gasteiger partial charge in [0.25, 0.3) is 0 Å². The Bertz CT molecular complexity index is 305. The molecule has 1 aromatic rings. The predicted octanol–water partition coefficient (Wildman–Crippen LogP) is 3.13. The minimum absolute atomic E-state index is 0.482. The van der Waals surface area contributed by atoms with E-state index in [2.05, 4.69) is 37.4 Å². The van der Waals surface area contributed by atoms with E-state index in [9.17, 15) is 0 Å². The monoisotopic (exact) mass is 295 g/mol. The van der Waals surface area contributed by atoms with E-state index in [1.54, 1.807) is 12.3 Å². The van der Waals surface area contributed by atoms with E-state index in [0.717, 1.165) is 5.56 Å².